The second kappa shape index (κ2) is 6.73. The van der Waals surface area contributed by atoms with Gasteiger partial charge in [0.25, 0.3) is 0 Å². The van der Waals surface area contributed by atoms with Gasteiger partial charge >= 0.3 is 0 Å². The van der Waals surface area contributed by atoms with Crippen LogP contribution in [0.4, 0.5) is 0 Å². The summed E-state index contributed by atoms with van der Waals surface area (Å²) in [4.78, 5) is 23.4. The summed E-state index contributed by atoms with van der Waals surface area (Å²) in [6.07, 6.45) is 3.93. The van der Waals surface area contributed by atoms with Crippen LogP contribution in [0.25, 0.3) is 22.1 Å². The SMILES string of the molecule is O=C(CSc1ncnc2c1oc1ccccc12)N(C1CC1)[C@H]1CCS(=O)(=O)C1. The van der Waals surface area contributed by atoms with E-state index in [4.69, 9.17) is 4.42 Å². The molecule has 2 aromatic heterocycles. The molecule has 3 heterocycles. The Morgan fingerprint density at radius 1 is 1.18 bits per heavy atom. The molecule has 1 saturated heterocycles. The van der Waals surface area contributed by atoms with Gasteiger partial charge < -0.3 is 9.32 Å². The number of sulfone groups is 1. The Balaban J connectivity index is 1.37. The van der Waals surface area contributed by atoms with Gasteiger partial charge in [0.1, 0.15) is 22.5 Å². The second-order valence-corrected chi connectivity index (χ2v) is 10.5. The van der Waals surface area contributed by atoms with Crippen LogP contribution in [0.5, 0.6) is 0 Å². The van der Waals surface area contributed by atoms with E-state index in [1.54, 1.807) is 0 Å². The van der Waals surface area contributed by atoms with Crippen LogP contribution in [0.15, 0.2) is 40.0 Å². The van der Waals surface area contributed by atoms with Crippen molar-refractivity contribution < 1.29 is 17.6 Å². The van der Waals surface area contributed by atoms with E-state index in [0.29, 0.717) is 17.0 Å². The highest BCUT2D eigenvalue weighted by Crippen LogP contribution is 2.35. The Bertz CT molecular complexity index is 1170. The molecule has 0 N–H and O–H groups in total. The Labute approximate surface area is 166 Å². The molecule has 1 aliphatic carbocycles. The van der Waals surface area contributed by atoms with Crippen molar-refractivity contribution >= 4 is 49.6 Å². The minimum Gasteiger partial charge on any atom is -0.451 e. The molecule has 1 atom stereocenters. The number of furan rings is 1. The van der Waals surface area contributed by atoms with Crippen LogP contribution in [-0.4, -0.2) is 58.5 Å². The lowest BCUT2D eigenvalue weighted by molar-refractivity contribution is -0.130. The van der Waals surface area contributed by atoms with E-state index in [2.05, 4.69) is 9.97 Å². The van der Waals surface area contributed by atoms with E-state index in [9.17, 15) is 13.2 Å². The number of carbonyl (C=O) groups is 1. The zero-order chi connectivity index (χ0) is 19.3. The molecule has 0 bridgehead atoms. The van der Waals surface area contributed by atoms with Crippen molar-refractivity contribution in [2.24, 2.45) is 0 Å². The fraction of sp³-hybridized carbons (Fsp3) is 0.421. The highest BCUT2D eigenvalue weighted by molar-refractivity contribution is 8.00. The summed E-state index contributed by atoms with van der Waals surface area (Å²) in [5.74, 6) is 0.432. The maximum absolute atomic E-state index is 12.9. The minimum absolute atomic E-state index is 0.0301. The van der Waals surface area contributed by atoms with Gasteiger partial charge in [-0.2, -0.15) is 0 Å². The summed E-state index contributed by atoms with van der Waals surface area (Å²) in [6, 6.07) is 7.65. The summed E-state index contributed by atoms with van der Waals surface area (Å²) in [7, 11) is -3.03. The molecule has 0 spiro atoms. The van der Waals surface area contributed by atoms with Gasteiger partial charge in [-0.05, 0) is 31.4 Å². The third-order valence-corrected chi connectivity index (χ3v) is 7.99. The molecular formula is C19H19N3O4S2. The summed E-state index contributed by atoms with van der Waals surface area (Å²) in [6.45, 7) is 0. The first kappa shape index (κ1) is 17.9. The number of fused-ring (bicyclic) bond motifs is 3. The average Bonchev–Trinajstić information content (AvgIpc) is 3.33. The average molecular weight is 418 g/mol. The van der Waals surface area contributed by atoms with E-state index < -0.39 is 9.84 Å². The van der Waals surface area contributed by atoms with E-state index in [1.807, 2.05) is 29.2 Å². The number of carbonyl (C=O) groups excluding carboxylic acids is 1. The van der Waals surface area contributed by atoms with Crippen molar-refractivity contribution in [1.82, 2.24) is 14.9 Å². The maximum Gasteiger partial charge on any atom is 0.233 e. The first-order chi connectivity index (χ1) is 13.5. The summed E-state index contributed by atoms with van der Waals surface area (Å²) < 4.78 is 29.6. The first-order valence-corrected chi connectivity index (χ1v) is 12.1. The second-order valence-electron chi connectivity index (χ2n) is 7.33. The molecule has 7 nitrogen and oxygen atoms in total. The number of rotatable bonds is 5. The van der Waals surface area contributed by atoms with E-state index >= 15 is 0 Å². The number of hydrogen-bond donors (Lipinski definition) is 0. The molecule has 1 aromatic carbocycles. The maximum atomic E-state index is 12.9. The molecule has 146 valence electrons. The molecule has 2 aliphatic rings. The number of amides is 1. The van der Waals surface area contributed by atoms with Gasteiger partial charge in [0.15, 0.2) is 15.4 Å². The zero-order valence-corrected chi connectivity index (χ0v) is 16.7. The lowest BCUT2D eigenvalue weighted by Crippen LogP contribution is -2.43. The molecule has 9 heteroatoms. The molecule has 2 fully saturated rings. The van der Waals surface area contributed by atoms with Gasteiger partial charge in [-0.15, -0.1) is 0 Å². The lowest BCUT2D eigenvalue weighted by atomic mass is 10.2. The van der Waals surface area contributed by atoms with Crippen LogP contribution in [0.1, 0.15) is 19.3 Å². The molecule has 5 rings (SSSR count). The van der Waals surface area contributed by atoms with Gasteiger partial charge in [0.2, 0.25) is 5.91 Å². The molecule has 1 aliphatic heterocycles. The van der Waals surface area contributed by atoms with E-state index in [0.717, 1.165) is 29.3 Å². The van der Waals surface area contributed by atoms with Crippen molar-refractivity contribution in [2.75, 3.05) is 17.3 Å². The molecule has 0 radical (unpaired) electrons. The number of benzene rings is 1. The van der Waals surface area contributed by atoms with Crippen LogP contribution in [-0.2, 0) is 14.6 Å². The monoisotopic (exact) mass is 417 g/mol. The molecule has 1 saturated carbocycles. The van der Waals surface area contributed by atoms with Gasteiger partial charge in [-0.1, -0.05) is 23.9 Å². The van der Waals surface area contributed by atoms with Crippen LogP contribution in [0.3, 0.4) is 0 Å². The largest absolute Gasteiger partial charge is 0.451 e. The fourth-order valence-corrected chi connectivity index (χ4v) is 6.37. The smallest absolute Gasteiger partial charge is 0.233 e. The van der Waals surface area contributed by atoms with E-state index in [1.165, 1.54) is 18.1 Å². The number of aromatic nitrogens is 2. The van der Waals surface area contributed by atoms with Crippen molar-refractivity contribution in [2.45, 2.75) is 36.4 Å². The van der Waals surface area contributed by atoms with Gasteiger partial charge in [-0.25, -0.2) is 18.4 Å². The number of hydrogen-bond acceptors (Lipinski definition) is 7. The van der Waals surface area contributed by atoms with Crippen LogP contribution in [0.2, 0.25) is 0 Å². The Hall–Kier alpha value is -2.13. The van der Waals surface area contributed by atoms with Crippen molar-refractivity contribution in [1.29, 1.82) is 0 Å². The van der Waals surface area contributed by atoms with Gasteiger partial charge in [0, 0.05) is 17.5 Å². The Morgan fingerprint density at radius 3 is 2.75 bits per heavy atom. The normalized spacial score (nSPS) is 21.4. The first-order valence-electron chi connectivity index (χ1n) is 9.28. The molecule has 1 amide bonds. The van der Waals surface area contributed by atoms with Crippen LogP contribution < -0.4 is 0 Å². The van der Waals surface area contributed by atoms with Gasteiger partial charge in [0.05, 0.1) is 17.3 Å². The highest BCUT2D eigenvalue weighted by atomic mass is 32.2. The summed E-state index contributed by atoms with van der Waals surface area (Å²) in [5.41, 5.74) is 2.06. The molecule has 0 unspecified atom stereocenters. The molecule has 3 aromatic rings. The summed E-state index contributed by atoms with van der Waals surface area (Å²) in [5, 5.41) is 1.55. The van der Waals surface area contributed by atoms with Crippen LogP contribution >= 0.6 is 11.8 Å². The topological polar surface area (TPSA) is 93.4 Å². The quantitative estimate of drug-likeness (QED) is 0.465. The van der Waals surface area contributed by atoms with Crippen LogP contribution in [0, 0.1) is 0 Å². The standard InChI is InChI=1S/C19H19N3O4S2/c23-16(22(12-5-6-12)13-7-8-28(24,25)10-13)9-27-19-18-17(20-11-21-19)14-3-1-2-4-15(14)26-18/h1-4,11-13H,5-10H2/t13-/m0/s1. The number of thioether (sulfide) groups is 1. The molecule has 28 heavy (non-hydrogen) atoms. The van der Waals surface area contributed by atoms with Crippen molar-refractivity contribution in [3.8, 4) is 0 Å². The predicted molar refractivity (Wildman–Crippen MR) is 107 cm³/mol. The predicted octanol–water partition coefficient (Wildman–Crippen LogP) is 2.65. The Morgan fingerprint density at radius 2 is 2.00 bits per heavy atom. The molecular weight excluding hydrogens is 398 g/mol. The number of para-hydroxylation sites is 1. The third kappa shape index (κ3) is 3.26. The summed E-state index contributed by atoms with van der Waals surface area (Å²) >= 11 is 1.32. The zero-order valence-electron chi connectivity index (χ0n) is 15.1. The van der Waals surface area contributed by atoms with Gasteiger partial charge in [-0.3, -0.25) is 4.79 Å². The fourth-order valence-electron chi connectivity index (χ4n) is 3.86. The van der Waals surface area contributed by atoms with E-state index in [-0.39, 0.29) is 35.2 Å². The minimum atomic E-state index is -3.03. The highest BCUT2D eigenvalue weighted by Gasteiger charge is 2.42. The lowest BCUT2D eigenvalue weighted by Gasteiger charge is -2.28. The number of nitrogens with zero attached hydrogens (tertiary/aromatic N) is 3. The van der Waals surface area contributed by atoms with Crippen molar-refractivity contribution in [3.63, 3.8) is 0 Å². The third-order valence-electron chi connectivity index (χ3n) is 5.29. The van der Waals surface area contributed by atoms with Crippen molar-refractivity contribution in [3.05, 3.63) is 30.6 Å². The Kier molecular flexibility index (Phi) is 4.31.